The first-order valence-electron chi connectivity index (χ1n) is 14.4. The van der Waals surface area contributed by atoms with Crippen LogP contribution in [0.5, 0.6) is 0 Å². The molecule has 2 heterocycles. The summed E-state index contributed by atoms with van der Waals surface area (Å²) in [5.41, 5.74) is -4.41. The summed E-state index contributed by atoms with van der Waals surface area (Å²) in [6.07, 6.45) is -4.79. The van der Waals surface area contributed by atoms with Crippen LogP contribution in [0.4, 0.5) is 18.0 Å². The van der Waals surface area contributed by atoms with E-state index in [1.807, 2.05) is 0 Å². The highest BCUT2D eigenvalue weighted by Crippen LogP contribution is 2.39. The predicted molar refractivity (Wildman–Crippen MR) is 169 cm³/mol. The second-order valence-corrected chi connectivity index (χ2v) is 15.4. The molecule has 0 radical (unpaired) electrons. The van der Waals surface area contributed by atoms with Gasteiger partial charge < -0.3 is 14.6 Å². The molecule has 1 N–H and O–H groups in total. The van der Waals surface area contributed by atoms with E-state index >= 15 is 0 Å². The Labute approximate surface area is 273 Å². The average Bonchev–Trinajstić information content (AvgIpc) is 3.37. The van der Waals surface area contributed by atoms with Crippen molar-refractivity contribution in [3.05, 3.63) is 71.8 Å². The number of carbonyl (C=O) groups is 1. The van der Waals surface area contributed by atoms with Crippen molar-refractivity contribution in [2.45, 2.75) is 63.9 Å². The van der Waals surface area contributed by atoms with E-state index in [4.69, 9.17) is 27.9 Å². The third-order valence-electron chi connectivity index (χ3n) is 7.68. The Kier molecular flexibility index (Phi) is 10.3. The molecule has 46 heavy (non-hydrogen) atoms. The summed E-state index contributed by atoms with van der Waals surface area (Å²) in [6, 6.07) is 4.54. The Morgan fingerprint density at radius 2 is 1.80 bits per heavy atom. The number of nitrogens with zero attached hydrogens (tertiary/aromatic N) is 3. The van der Waals surface area contributed by atoms with Crippen molar-refractivity contribution in [1.82, 2.24) is 19.4 Å². The van der Waals surface area contributed by atoms with Gasteiger partial charge in [-0.2, -0.15) is 13.2 Å². The molecule has 252 valence electrons. The van der Waals surface area contributed by atoms with Crippen molar-refractivity contribution in [1.29, 1.82) is 0 Å². The number of nitrogens with one attached hydrogen (secondary N) is 1. The van der Waals surface area contributed by atoms with Gasteiger partial charge in [-0.3, -0.25) is 14.3 Å². The monoisotopic (exact) mass is 706 g/mol. The standard InChI is InChI=1S/C30H35Cl2F3N4O6S/c1-6-46(43,44)23-8-7-19(31)11-18(23)15-39-26(40)20-12-22(30(33,34)35)21(24(32)25(20)36-27(39)41)16-38-10-9-17(14-38)13-37(5)28(42)45-29(2,3)4/h7-8,11-12,17H,6,9-10,13-16H2,1-5H3,(H,36,41)/t17-/m1/s1. The van der Waals surface area contributed by atoms with E-state index < -0.39 is 61.5 Å². The molecule has 1 aromatic heterocycles. The second kappa shape index (κ2) is 13.2. The van der Waals surface area contributed by atoms with Gasteiger partial charge in [-0.05, 0) is 75.0 Å². The lowest BCUT2D eigenvalue weighted by Gasteiger charge is -2.26. The number of likely N-dealkylation sites (tertiary alicyclic amines) is 1. The number of fused-ring (bicyclic) bond motifs is 1. The molecule has 0 spiro atoms. The first kappa shape index (κ1) is 35.8. The summed E-state index contributed by atoms with van der Waals surface area (Å²) in [6.45, 7) is 7.03. The Balaban J connectivity index is 1.69. The molecule has 1 aliphatic rings. The summed E-state index contributed by atoms with van der Waals surface area (Å²) in [5, 5.41) is -0.763. The van der Waals surface area contributed by atoms with Gasteiger partial charge in [-0.25, -0.2) is 18.0 Å². The predicted octanol–water partition coefficient (Wildman–Crippen LogP) is 5.55. The topological polar surface area (TPSA) is 122 Å². The summed E-state index contributed by atoms with van der Waals surface area (Å²) < 4.78 is 74.6. The van der Waals surface area contributed by atoms with Crippen LogP contribution < -0.4 is 11.2 Å². The molecule has 0 bridgehead atoms. The van der Waals surface area contributed by atoms with Gasteiger partial charge in [-0.1, -0.05) is 30.1 Å². The quantitative estimate of drug-likeness (QED) is 0.326. The number of ether oxygens (including phenoxy) is 1. The second-order valence-electron chi connectivity index (χ2n) is 12.4. The number of hydrogen-bond donors (Lipinski definition) is 1. The number of H-pyrrole nitrogens is 1. The molecule has 1 atom stereocenters. The lowest BCUT2D eigenvalue weighted by atomic mass is 10.0. The zero-order valence-corrected chi connectivity index (χ0v) is 28.3. The molecule has 1 aliphatic heterocycles. The molecule has 0 saturated carbocycles. The fourth-order valence-electron chi connectivity index (χ4n) is 5.48. The lowest BCUT2D eigenvalue weighted by Crippen LogP contribution is -2.37. The maximum absolute atomic E-state index is 14.4. The van der Waals surface area contributed by atoms with Gasteiger partial charge in [0.25, 0.3) is 5.56 Å². The molecular formula is C30H35Cl2F3N4O6S. The van der Waals surface area contributed by atoms with Crippen LogP contribution in [0.1, 0.15) is 50.8 Å². The van der Waals surface area contributed by atoms with Gasteiger partial charge >= 0.3 is 18.0 Å². The molecule has 1 saturated heterocycles. The molecule has 10 nitrogen and oxygen atoms in total. The fraction of sp³-hybridized carbons (Fsp3) is 0.500. The third-order valence-corrected chi connectivity index (χ3v) is 10.2. The first-order valence-corrected chi connectivity index (χ1v) is 16.9. The normalized spacial score (nSPS) is 16.3. The van der Waals surface area contributed by atoms with Gasteiger partial charge in [0, 0.05) is 31.7 Å². The van der Waals surface area contributed by atoms with Crippen molar-refractivity contribution in [3.8, 4) is 0 Å². The molecule has 4 rings (SSSR count). The van der Waals surface area contributed by atoms with Gasteiger partial charge in [-0.15, -0.1) is 0 Å². The Bertz CT molecular complexity index is 1890. The van der Waals surface area contributed by atoms with Crippen LogP contribution >= 0.6 is 23.2 Å². The van der Waals surface area contributed by atoms with Gasteiger partial charge in [0.1, 0.15) is 5.60 Å². The highest BCUT2D eigenvalue weighted by Gasteiger charge is 2.37. The molecule has 3 aromatic rings. The van der Waals surface area contributed by atoms with Gasteiger partial charge in [0.05, 0.1) is 38.7 Å². The van der Waals surface area contributed by atoms with Crippen LogP contribution in [0, 0.1) is 5.92 Å². The van der Waals surface area contributed by atoms with Crippen LogP contribution in [-0.4, -0.2) is 71.9 Å². The number of halogens is 5. The fourth-order valence-corrected chi connectivity index (χ4v) is 7.09. The molecule has 1 fully saturated rings. The van der Waals surface area contributed by atoms with Crippen LogP contribution in [0.15, 0.2) is 38.8 Å². The van der Waals surface area contributed by atoms with Crippen molar-refractivity contribution < 1.29 is 31.1 Å². The number of rotatable bonds is 8. The SMILES string of the molecule is CCS(=O)(=O)c1ccc(Cl)cc1Cn1c(=O)[nH]c2c(Cl)c(CN3CC[C@H](CN(C)C(=O)OC(C)(C)C)C3)c(C(F)(F)F)cc2c1=O. The van der Waals surface area contributed by atoms with Crippen molar-refractivity contribution in [3.63, 3.8) is 0 Å². The average molecular weight is 708 g/mol. The first-order chi connectivity index (χ1) is 21.2. The zero-order chi connectivity index (χ0) is 34.4. The van der Waals surface area contributed by atoms with Gasteiger partial charge in [0.2, 0.25) is 0 Å². The number of aromatic nitrogens is 2. The summed E-state index contributed by atoms with van der Waals surface area (Å²) in [5.74, 6) is -0.304. The van der Waals surface area contributed by atoms with E-state index in [1.54, 1.807) is 32.7 Å². The van der Waals surface area contributed by atoms with Crippen LogP contribution in [0.25, 0.3) is 10.9 Å². The number of alkyl halides is 3. The van der Waals surface area contributed by atoms with Crippen LogP contribution in [0.2, 0.25) is 10.0 Å². The number of amides is 1. The van der Waals surface area contributed by atoms with Crippen molar-refractivity contribution in [2.24, 2.45) is 5.92 Å². The lowest BCUT2D eigenvalue weighted by molar-refractivity contribution is -0.138. The molecular weight excluding hydrogens is 672 g/mol. The highest BCUT2D eigenvalue weighted by molar-refractivity contribution is 7.91. The molecule has 0 unspecified atom stereocenters. The number of sulfone groups is 1. The van der Waals surface area contributed by atoms with E-state index in [-0.39, 0.29) is 44.8 Å². The van der Waals surface area contributed by atoms with Crippen molar-refractivity contribution >= 4 is 50.0 Å². The van der Waals surface area contributed by atoms with Gasteiger partial charge in [0.15, 0.2) is 9.84 Å². The van der Waals surface area contributed by atoms with Crippen LogP contribution in [0.3, 0.4) is 0 Å². The van der Waals surface area contributed by atoms with E-state index in [2.05, 4.69) is 4.98 Å². The van der Waals surface area contributed by atoms with E-state index in [0.717, 1.165) is 0 Å². The summed E-state index contributed by atoms with van der Waals surface area (Å²) in [4.78, 5) is 44.5. The van der Waals surface area contributed by atoms with Crippen LogP contribution in [-0.2, 0) is 33.8 Å². The van der Waals surface area contributed by atoms with Crippen molar-refractivity contribution in [2.75, 3.05) is 32.4 Å². The van der Waals surface area contributed by atoms with E-state index in [1.165, 1.54) is 30.0 Å². The Morgan fingerprint density at radius 1 is 1.13 bits per heavy atom. The minimum Gasteiger partial charge on any atom is -0.444 e. The number of hydrogen-bond acceptors (Lipinski definition) is 7. The molecule has 1 amide bonds. The Hall–Kier alpha value is -3.07. The maximum Gasteiger partial charge on any atom is 0.416 e. The number of aromatic amines is 1. The minimum absolute atomic E-state index is 0.0287. The summed E-state index contributed by atoms with van der Waals surface area (Å²) in [7, 11) is -2.20. The zero-order valence-electron chi connectivity index (χ0n) is 25.9. The Morgan fingerprint density at radius 3 is 2.41 bits per heavy atom. The highest BCUT2D eigenvalue weighted by atomic mass is 35.5. The van der Waals surface area contributed by atoms with E-state index in [0.29, 0.717) is 36.7 Å². The number of carbonyl (C=O) groups excluding carboxylic acids is 1. The third kappa shape index (κ3) is 7.89. The maximum atomic E-state index is 14.4. The van der Waals surface area contributed by atoms with E-state index in [9.17, 15) is 36.0 Å². The molecule has 16 heteroatoms. The summed E-state index contributed by atoms with van der Waals surface area (Å²) >= 11 is 12.6. The molecule has 2 aromatic carbocycles. The smallest absolute Gasteiger partial charge is 0.416 e. The molecule has 0 aliphatic carbocycles. The number of benzene rings is 2. The largest absolute Gasteiger partial charge is 0.444 e. The minimum atomic E-state index is -4.90.